The quantitative estimate of drug-likeness (QED) is 0.773. The normalized spacial score (nSPS) is 30.8. The third-order valence-corrected chi connectivity index (χ3v) is 4.36. The molecule has 0 spiro atoms. The van der Waals surface area contributed by atoms with Crippen LogP contribution in [-0.4, -0.2) is 62.2 Å². The molecule has 1 atom stereocenters. The number of hydrogen-bond acceptors (Lipinski definition) is 3. The van der Waals surface area contributed by atoms with E-state index in [1.807, 2.05) is 0 Å². The maximum absolute atomic E-state index is 3.45. The minimum atomic E-state index is 0.738. The molecule has 0 radical (unpaired) electrons. The Labute approximate surface area is 100 Å². The van der Waals surface area contributed by atoms with E-state index < -0.39 is 0 Å². The van der Waals surface area contributed by atoms with Gasteiger partial charge in [0.2, 0.25) is 0 Å². The summed E-state index contributed by atoms with van der Waals surface area (Å²) in [5, 5.41) is 3.45. The zero-order valence-electron chi connectivity index (χ0n) is 10.9. The SMILES string of the molecule is CC1CN(CCC2CCNCC2)CCN1C. The van der Waals surface area contributed by atoms with Crippen LogP contribution in [0.2, 0.25) is 0 Å². The molecule has 0 aromatic carbocycles. The minimum absolute atomic E-state index is 0.738. The molecule has 1 N–H and O–H groups in total. The van der Waals surface area contributed by atoms with Crippen LogP contribution < -0.4 is 5.32 Å². The van der Waals surface area contributed by atoms with Gasteiger partial charge in [-0.25, -0.2) is 0 Å². The summed E-state index contributed by atoms with van der Waals surface area (Å²) < 4.78 is 0. The van der Waals surface area contributed by atoms with Gasteiger partial charge in [-0.05, 0) is 58.8 Å². The fourth-order valence-corrected chi connectivity index (χ4v) is 2.86. The molecule has 2 heterocycles. The maximum atomic E-state index is 3.45. The lowest BCUT2D eigenvalue weighted by molar-refractivity contribution is 0.0985. The van der Waals surface area contributed by atoms with Gasteiger partial charge in [0.1, 0.15) is 0 Å². The summed E-state index contributed by atoms with van der Waals surface area (Å²) in [7, 11) is 2.24. The number of likely N-dealkylation sites (N-methyl/N-ethyl adjacent to an activating group) is 1. The second kappa shape index (κ2) is 5.99. The molecule has 0 bridgehead atoms. The van der Waals surface area contributed by atoms with Crippen LogP contribution in [-0.2, 0) is 0 Å². The fraction of sp³-hybridized carbons (Fsp3) is 1.00. The molecule has 3 nitrogen and oxygen atoms in total. The summed E-state index contributed by atoms with van der Waals surface area (Å²) in [6, 6.07) is 0.738. The Morgan fingerprint density at radius 1 is 1.19 bits per heavy atom. The van der Waals surface area contributed by atoms with Crippen LogP contribution in [0.15, 0.2) is 0 Å². The topological polar surface area (TPSA) is 18.5 Å². The Morgan fingerprint density at radius 2 is 1.94 bits per heavy atom. The lowest BCUT2D eigenvalue weighted by Gasteiger charge is -2.38. The molecule has 0 aromatic heterocycles. The van der Waals surface area contributed by atoms with E-state index in [-0.39, 0.29) is 0 Å². The van der Waals surface area contributed by atoms with Crippen molar-refractivity contribution in [3.8, 4) is 0 Å². The van der Waals surface area contributed by atoms with Crippen molar-refractivity contribution >= 4 is 0 Å². The summed E-state index contributed by atoms with van der Waals surface area (Å²) in [4.78, 5) is 5.13. The third-order valence-electron chi connectivity index (χ3n) is 4.36. The zero-order chi connectivity index (χ0) is 11.4. The van der Waals surface area contributed by atoms with Crippen LogP contribution in [0.3, 0.4) is 0 Å². The highest BCUT2D eigenvalue weighted by molar-refractivity contribution is 4.78. The van der Waals surface area contributed by atoms with E-state index in [2.05, 4.69) is 29.1 Å². The van der Waals surface area contributed by atoms with Crippen LogP contribution >= 0.6 is 0 Å². The highest BCUT2D eigenvalue weighted by atomic mass is 15.3. The van der Waals surface area contributed by atoms with E-state index >= 15 is 0 Å². The van der Waals surface area contributed by atoms with E-state index in [1.165, 1.54) is 58.5 Å². The Kier molecular flexibility index (Phi) is 4.62. The number of rotatable bonds is 3. The number of piperazine rings is 1. The van der Waals surface area contributed by atoms with Crippen molar-refractivity contribution in [2.45, 2.75) is 32.2 Å². The van der Waals surface area contributed by atoms with Crippen LogP contribution in [0.4, 0.5) is 0 Å². The fourth-order valence-electron chi connectivity index (χ4n) is 2.86. The van der Waals surface area contributed by atoms with Crippen molar-refractivity contribution in [3.05, 3.63) is 0 Å². The molecule has 0 amide bonds. The first-order valence-corrected chi connectivity index (χ1v) is 6.89. The number of hydrogen-bond donors (Lipinski definition) is 1. The lowest BCUT2D eigenvalue weighted by Crippen LogP contribution is -2.50. The molecule has 0 saturated carbocycles. The van der Waals surface area contributed by atoms with Crippen LogP contribution in [0.1, 0.15) is 26.2 Å². The molecular formula is C13H27N3. The van der Waals surface area contributed by atoms with E-state index in [9.17, 15) is 0 Å². The van der Waals surface area contributed by atoms with Crippen molar-refractivity contribution < 1.29 is 0 Å². The zero-order valence-corrected chi connectivity index (χ0v) is 10.9. The second-order valence-corrected chi connectivity index (χ2v) is 5.61. The van der Waals surface area contributed by atoms with Gasteiger partial charge in [0.05, 0.1) is 0 Å². The Bertz CT molecular complexity index is 201. The second-order valence-electron chi connectivity index (χ2n) is 5.61. The first-order valence-electron chi connectivity index (χ1n) is 6.89. The van der Waals surface area contributed by atoms with Gasteiger partial charge in [-0.15, -0.1) is 0 Å². The van der Waals surface area contributed by atoms with Gasteiger partial charge >= 0.3 is 0 Å². The first kappa shape index (κ1) is 12.3. The number of nitrogens with zero attached hydrogens (tertiary/aromatic N) is 2. The average Bonchev–Trinajstić information content (AvgIpc) is 2.32. The molecule has 2 aliphatic heterocycles. The van der Waals surface area contributed by atoms with Crippen LogP contribution in [0.25, 0.3) is 0 Å². The Hall–Kier alpha value is -0.120. The highest BCUT2D eigenvalue weighted by Gasteiger charge is 2.21. The summed E-state index contributed by atoms with van der Waals surface area (Å²) >= 11 is 0. The lowest BCUT2D eigenvalue weighted by atomic mass is 9.94. The van der Waals surface area contributed by atoms with Crippen molar-refractivity contribution in [3.63, 3.8) is 0 Å². The summed E-state index contributed by atoms with van der Waals surface area (Å²) in [6.45, 7) is 9.92. The van der Waals surface area contributed by atoms with E-state index in [1.54, 1.807) is 0 Å². The molecule has 94 valence electrons. The largest absolute Gasteiger partial charge is 0.317 e. The van der Waals surface area contributed by atoms with Gasteiger partial charge in [0.25, 0.3) is 0 Å². The predicted molar refractivity (Wildman–Crippen MR) is 68.7 cm³/mol. The van der Waals surface area contributed by atoms with E-state index in [0.717, 1.165) is 12.0 Å². The molecule has 0 aromatic rings. The molecular weight excluding hydrogens is 198 g/mol. The Balaban J connectivity index is 1.65. The molecule has 16 heavy (non-hydrogen) atoms. The van der Waals surface area contributed by atoms with E-state index in [4.69, 9.17) is 0 Å². The predicted octanol–water partition coefficient (Wildman–Crippen LogP) is 1.01. The minimum Gasteiger partial charge on any atom is -0.317 e. The van der Waals surface area contributed by atoms with Gasteiger partial charge in [-0.3, -0.25) is 0 Å². The van der Waals surface area contributed by atoms with Crippen LogP contribution in [0.5, 0.6) is 0 Å². The number of piperidine rings is 1. The van der Waals surface area contributed by atoms with Crippen molar-refractivity contribution in [2.24, 2.45) is 5.92 Å². The standard InChI is InChI=1S/C13H27N3/c1-12-11-16(10-9-15(12)2)8-5-13-3-6-14-7-4-13/h12-14H,3-11H2,1-2H3. The molecule has 2 aliphatic rings. The van der Waals surface area contributed by atoms with Crippen LogP contribution in [0, 0.1) is 5.92 Å². The van der Waals surface area contributed by atoms with Crippen molar-refractivity contribution in [1.29, 1.82) is 0 Å². The molecule has 2 saturated heterocycles. The summed E-state index contributed by atoms with van der Waals surface area (Å²) in [6.07, 6.45) is 4.20. The van der Waals surface area contributed by atoms with Gasteiger partial charge in [-0.2, -0.15) is 0 Å². The van der Waals surface area contributed by atoms with Gasteiger partial charge < -0.3 is 15.1 Å². The van der Waals surface area contributed by atoms with Gasteiger partial charge in [0.15, 0.2) is 0 Å². The number of nitrogens with one attached hydrogen (secondary N) is 1. The Morgan fingerprint density at radius 3 is 2.62 bits per heavy atom. The summed E-state index contributed by atoms with van der Waals surface area (Å²) in [5.74, 6) is 0.983. The van der Waals surface area contributed by atoms with Crippen molar-refractivity contribution in [1.82, 2.24) is 15.1 Å². The molecule has 3 heteroatoms. The monoisotopic (exact) mass is 225 g/mol. The average molecular weight is 225 g/mol. The molecule has 2 rings (SSSR count). The van der Waals surface area contributed by atoms with Crippen molar-refractivity contribution in [2.75, 3.05) is 46.3 Å². The highest BCUT2D eigenvalue weighted by Crippen LogP contribution is 2.17. The first-order chi connectivity index (χ1) is 7.75. The summed E-state index contributed by atoms with van der Waals surface area (Å²) in [5.41, 5.74) is 0. The van der Waals surface area contributed by atoms with Gasteiger partial charge in [0, 0.05) is 25.7 Å². The molecule has 1 unspecified atom stereocenters. The molecule has 2 fully saturated rings. The van der Waals surface area contributed by atoms with Gasteiger partial charge in [-0.1, -0.05) is 0 Å². The van der Waals surface area contributed by atoms with E-state index in [0.29, 0.717) is 0 Å². The molecule has 0 aliphatic carbocycles. The smallest absolute Gasteiger partial charge is 0.0192 e. The third kappa shape index (κ3) is 3.44. The maximum Gasteiger partial charge on any atom is 0.0192 e.